The Labute approximate surface area is 210 Å². The smallest absolute Gasteiger partial charge is 0.234 e. The summed E-state index contributed by atoms with van der Waals surface area (Å²) in [4.78, 5) is 12.7. The Morgan fingerprint density at radius 2 is 1.71 bits per heavy atom. The molecule has 0 saturated heterocycles. The average molecular weight is 487 g/mol. The van der Waals surface area contributed by atoms with Crippen LogP contribution >= 0.6 is 11.8 Å². The van der Waals surface area contributed by atoms with E-state index in [2.05, 4.69) is 41.5 Å². The molecule has 1 aromatic heterocycles. The molecule has 1 atom stereocenters. The number of hydrogen-bond donors (Lipinski definition) is 1. The first kappa shape index (κ1) is 24.5. The minimum absolute atomic E-state index is 0.0909. The van der Waals surface area contributed by atoms with Crippen LogP contribution in [-0.2, 0) is 11.4 Å². The minimum Gasteiger partial charge on any atom is -0.486 e. The van der Waals surface area contributed by atoms with Gasteiger partial charge in [0.25, 0.3) is 0 Å². The predicted octanol–water partition coefficient (Wildman–Crippen LogP) is 6.40. The van der Waals surface area contributed by atoms with Gasteiger partial charge in [0.2, 0.25) is 5.91 Å². The highest BCUT2D eigenvalue weighted by atomic mass is 32.2. The van der Waals surface area contributed by atoms with Gasteiger partial charge in [-0.3, -0.25) is 9.36 Å². The number of thioether (sulfide) groups is 1. The zero-order chi connectivity index (χ0) is 24.6. The molecule has 1 N–H and O–H groups in total. The van der Waals surface area contributed by atoms with Crippen molar-refractivity contribution in [1.29, 1.82) is 0 Å². The van der Waals surface area contributed by atoms with Crippen molar-refractivity contribution in [2.24, 2.45) is 0 Å². The molecule has 4 rings (SSSR count). The molecule has 1 amide bonds. The van der Waals surface area contributed by atoms with Gasteiger partial charge in [0.05, 0.1) is 5.75 Å². The SMILES string of the molecule is CCC(C)c1ccc(NC(=O)CSc2nnc(COc3ccccc3)n2-c2ccc(C)cc2)cc1. The molecule has 35 heavy (non-hydrogen) atoms. The lowest BCUT2D eigenvalue weighted by molar-refractivity contribution is -0.113. The van der Waals surface area contributed by atoms with Crippen LogP contribution in [0.2, 0.25) is 0 Å². The van der Waals surface area contributed by atoms with Crippen LogP contribution in [0.3, 0.4) is 0 Å². The van der Waals surface area contributed by atoms with Crippen molar-refractivity contribution in [2.75, 3.05) is 11.1 Å². The van der Waals surface area contributed by atoms with Crippen LogP contribution in [-0.4, -0.2) is 26.4 Å². The van der Waals surface area contributed by atoms with Crippen LogP contribution in [0.5, 0.6) is 5.75 Å². The molecule has 0 fully saturated rings. The van der Waals surface area contributed by atoms with Crippen molar-refractivity contribution < 1.29 is 9.53 Å². The summed E-state index contributed by atoms with van der Waals surface area (Å²) in [5.41, 5.74) is 4.16. The van der Waals surface area contributed by atoms with E-state index in [-0.39, 0.29) is 18.3 Å². The summed E-state index contributed by atoms with van der Waals surface area (Å²) in [6.07, 6.45) is 1.09. The van der Waals surface area contributed by atoms with E-state index >= 15 is 0 Å². The number of carbonyl (C=O) groups excluding carboxylic acids is 1. The van der Waals surface area contributed by atoms with Crippen molar-refractivity contribution in [3.63, 3.8) is 0 Å². The third-order valence-corrected chi connectivity index (χ3v) is 6.74. The van der Waals surface area contributed by atoms with Gasteiger partial charge in [-0.05, 0) is 61.2 Å². The third-order valence-electron chi connectivity index (χ3n) is 5.81. The zero-order valence-corrected chi connectivity index (χ0v) is 21.1. The first-order valence-electron chi connectivity index (χ1n) is 11.7. The fraction of sp³-hybridized carbons (Fsp3) is 0.250. The molecule has 3 aromatic carbocycles. The van der Waals surface area contributed by atoms with Gasteiger partial charge in [0.1, 0.15) is 12.4 Å². The molecule has 0 saturated carbocycles. The maximum atomic E-state index is 12.7. The van der Waals surface area contributed by atoms with Crippen LogP contribution in [0.15, 0.2) is 84.0 Å². The van der Waals surface area contributed by atoms with Crippen molar-refractivity contribution in [2.45, 2.75) is 44.9 Å². The molecular formula is C28H30N4O2S. The fourth-order valence-corrected chi connectivity index (χ4v) is 4.33. The van der Waals surface area contributed by atoms with Crippen LogP contribution in [0.1, 0.15) is 43.1 Å². The molecule has 1 unspecified atom stereocenters. The summed E-state index contributed by atoms with van der Waals surface area (Å²) in [6.45, 7) is 6.69. The molecule has 0 bridgehead atoms. The largest absolute Gasteiger partial charge is 0.486 e. The van der Waals surface area contributed by atoms with Crippen molar-refractivity contribution in [3.8, 4) is 11.4 Å². The van der Waals surface area contributed by atoms with Gasteiger partial charge in [-0.25, -0.2) is 0 Å². The molecule has 4 aromatic rings. The number of aromatic nitrogens is 3. The van der Waals surface area contributed by atoms with E-state index in [1.165, 1.54) is 17.3 Å². The Morgan fingerprint density at radius 1 is 1.00 bits per heavy atom. The Hall–Kier alpha value is -3.58. The highest BCUT2D eigenvalue weighted by Crippen LogP contribution is 2.24. The monoisotopic (exact) mass is 486 g/mol. The maximum Gasteiger partial charge on any atom is 0.234 e. The standard InChI is InChI=1S/C28H30N4O2S/c1-4-21(3)22-12-14-23(15-13-22)29-27(33)19-35-28-31-30-26(18-34-25-8-6-5-7-9-25)32(28)24-16-10-20(2)11-17-24/h5-17,21H,4,18-19H2,1-3H3,(H,29,33). The summed E-state index contributed by atoms with van der Waals surface area (Å²) in [5.74, 6) is 2.06. The van der Waals surface area contributed by atoms with Crippen LogP contribution < -0.4 is 10.1 Å². The lowest BCUT2D eigenvalue weighted by Gasteiger charge is -2.12. The lowest BCUT2D eigenvalue weighted by Crippen LogP contribution is -2.15. The van der Waals surface area contributed by atoms with E-state index in [0.717, 1.165) is 29.1 Å². The molecular weight excluding hydrogens is 456 g/mol. The maximum absolute atomic E-state index is 12.7. The van der Waals surface area contributed by atoms with E-state index < -0.39 is 0 Å². The number of benzene rings is 3. The summed E-state index contributed by atoms with van der Waals surface area (Å²) in [5, 5.41) is 12.3. The van der Waals surface area contributed by atoms with Crippen molar-refractivity contribution in [1.82, 2.24) is 14.8 Å². The number of carbonyl (C=O) groups is 1. The van der Waals surface area contributed by atoms with E-state index in [4.69, 9.17) is 4.74 Å². The second kappa shape index (κ2) is 11.7. The molecule has 0 aliphatic rings. The Balaban J connectivity index is 1.45. The number of ether oxygens (including phenoxy) is 1. The molecule has 180 valence electrons. The van der Waals surface area contributed by atoms with Crippen molar-refractivity contribution in [3.05, 3.63) is 95.8 Å². The Morgan fingerprint density at radius 3 is 2.40 bits per heavy atom. The molecule has 0 aliphatic heterocycles. The number of anilines is 1. The molecule has 7 heteroatoms. The van der Waals surface area contributed by atoms with Gasteiger partial charge in [0.15, 0.2) is 11.0 Å². The lowest BCUT2D eigenvalue weighted by atomic mass is 9.99. The van der Waals surface area contributed by atoms with Crippen LogP contribution in [0, 0.1) is 6.92 Å². The Bertz CT molecular complexity index is 1240. The predicted molar refractivity (Wildman–Crippen MR) is 141 cm³/mol. The van der Waals surface area contributed by atoms with Gasteiger partial charge in [0, 0.05) is 11.4 Å². The average Bonchev–Trinajstić information content (AvgIpc) is 3.30. The molecule has 0 spiro atoms. The Kier molecular flexibility index (Phi) is 8.21. The van der Waals surface area contributed by atoms with Gasteiger partial charge < -0.3 is 10.1 Å². The molecule has 6 nitrogen and oxygen atoms in total. The molecule has 0 radical (unpaired) electrons. The highest BCUT2D eigenvalue weighted by molar-refractivity contribution is 7.99. The number of rotatable bonds is 10. The van der Waals surface area contributed by atoms with E-state index in [1.54, 1.807) is 0 Å². The molecule has 1 heterocycles. The number of amides is 1. The topological polar surface area (TPSA) is 69.0 Å². The zero-order valence-electron chi connectivity index (χ0n) is 20.3. The first-order valence-corrected chi connectivity index (χ1v) is 12.7. The molecule has 0 aliphatic carbocycles. The van der Waals surface area contributed by atoms with Crippen molar-refractivity contribution >= 4 is 23.4 Å². The summed E-state index contributed by atoms with van der Waals surface area (Å²) in [6, 6.07) is 25.8. The number of aryl methyl sites for hydroxylation is 1. The van der Waals surface area contributed by atoms with Gasteiger partial charge >= 0.3 is 0 Å². The second-order valence-corrected chi connectivity index (χ2v) is 9.38. The van der Waals surface area contributed by atoms with Gasteiger partial charge in [-0.2, -0.15) is 0 Å². The number of nitrogens with zero attached hydrogens (tertiary/aromatic N) is 3. The number of hydrogen-bond acceptors (Lipinski definition) is 5. The summed E-state index contributed by atoms with van der Waals surface area (Å²) < 4.78 is 7.86. The fourth-order valence-electron chi connectivity index (χ4n) is 3.56. The van der Waals surface area contributed by atoms with E-state index in [1.807, 2.05) is 78.2 Å². The quantitative estimate of drug-likeness (QED) is 0.263. The summed E-state index contributed by atoms with van der Waals surface area (Å²) in [7, 11) is 0. The second-order valence-electron chi connectivity index (χ2n) is 8.44. The van der Waals surface area contributed by atoms with E-state index in [0.29, 0.717) is 16.9 Å². The van der Waals surface area contributed by atoms with Gasteiger partial charge in [-0.1, -0.05) is 73.6 Å². The highest BCUT2D eigenvalue weighted by Gasteiger charge is 2.17. The van der Waals surface area contributed by atoms with Crippen LogP contribution in [0.25, 0.3) is 5.69 Å². The normalized spacial score (nSPS) is 11.7. The number of nitrogens with one attached hydrogen (secondary N) is 1. The van der Waals surface area contributed by atoms with E-state index in [9.17, 15) is 4.79 Å². The van der Waals surface area contributed by atoms with Crippen LogP contribution in [0.4, 0.5) is 5.69 Å². The first-order chi connectivity index (χ1) is 17.0. The summed E-state index contributed by atoms with van der Waals surface area (Å²) >= 11 is 1.35. The number of para-hydroxylation sites is 1. The minimum atomic E-state index is -0.0909. The van der Waals surface area contributed by atoms with Gasteiger partial charge in [-0.15, -0.1) is 10.2 Å². The third kappa shape index (κ3) is 6.51.